The third-order valence-corrected chi connectivity index (χ3v) is 2.48. The Bertz CT molecular complexity index is 382. The van der Waals surface area contributed by atoms with Gasteiger partial charge in [-0.25, -0.2) is 18.6 Å². The number of carboxylic acids is 1. The minimum atomic E-state index is -2.72. The zero-order chi connectivity index (χ0) is 10.9. The Morgan fingerprint density at radius 3 is 2.64 bits per heavy atom. The Morgan fingerprint density at radius 1 is 1.64 bits per heavy atom. The maximum absolute atomic E-state index is 12.5. The van der Waals surface area contributed by atoms with Gasteiger partial charge in [0.2, 0.25) is 0 Å². The smallest absolute Gasteiger partial charge is 0.355 e. The van der Waals surface area contributed by atoms with Crippen molar-refractivity contribution in [2.75, 3.05) is 0 Å². The van der Waals surface area contributed by atoms with Crippen LogP contribution in [0.5, 0.6) is 0 Å². The summed E-state index contributed by atoms with van der Waals surface area (Å²) in [4.78, 5) is 14.1. The standard InChI is InChI=1S/C8H6BrF2NO2/c1-3-2-12-6(8(13)14)5(9)4(3)7(10)11/h2,7H,1H3,(H,13,14). The number of pyridine rings is 1. The lowest BCUT2D eigenvalue weighted by Crippen LogP contribution is -2.05. The predicted molar refractivity (Wildman–Crippen MR) is 48.6 cm³/mol. The minimum absolute atomic E-state index is 0.153. The largest absolute Gasteiger partial charge is 0.476 e. The fourth-order valence-electron chi connectivity index (χ4n) is 1.01. The maximum atomic E-state index is 12.5. The van der Waals surface area contributed by atoms with E-state index in [0.717, 1.165) is 6.20 Å². The summed E-state index contributed by atoms with van der Waals surface area (Å²) in [5, 5.41) is 8.63. The first-order valence-corrected chi connectivity index (χ1v) is 4.41. The monoisotopic (exact) mass is 265 g/mol. The predicted octanol–water partition coefficient (Wildman–Crippen LogP) is 2.79. The highest BCUT2D eigenvalue weighted by atomic mass is 79.9. The molecule has 1 aromatic heterocycles. The van der Waals surface area contributed by atoms with Gasteiger partial charge in [-0.1, -0.05) is 0 Å². The SMILES string of the molecule is Cc1cnc(C(=O)O)c(Br)c1C(F)F. The Kier molecular flexibility index (Phi) is 3.15. The first-order valence-electron chi connectivity index (χ1n) is 3.61. The van der Waals surface area contributed by atoms with Gasteiger partial charge in [0.15, 0.2) is 5.69 Å². The summed E-state index contributed by atoms with van der Waals surface area (Å²) in [6.07, 6.45) is -1.60. The van der Waals surface area contributed by atoms with Crippen LogP contribution in [0.4, 0.5) is 8.78 Å². The van der Waals surface area contributed by atoms with Gasteiger partial charge in [-0.15, -0.1) is 0 Å². The number of aromatic carboxylic acids is 1. The average Bonchev–Trinajstić information content (AvgIpc) is 2.02. The molecule has 1 aromatic rings. The third-order valence-electron chi connectivity index (χ3n) is 1.68. The summed E-state index contributed by atoms with van der Waals surface area (Å²) in [7, 11) is 0. The Labute approximate surface area is 86.9 Å². The molecule has 0 saturated carbocycles. The van der Waals surface area contributed by atoms with Crippen molar-refractivity contribution in [3.05, 3.63) is 27.5 Å². The zero-order valence-corrected chi connectivity index (χ0v) is 8.68. The normalized spacial score (nSPS) is 10.6. The van der Waals surface area contributed by atoms with Crippen molar-refractivity contribution in [3.63, 3.8) is 0 Å². The Hall–Kier alpha value is -1.04. The van der Waals surface area contributed by atoms with Crippen molar-refractivity contribution in [2.45, 2.75) is 13.3 Å². The highest BCUT2D eigenvalue weighted by molar-refractivity contribution is 9.10. The van der Waals surface area contributed by atoms with Crippen LogP contribution in [-0.2, 0) is 0 Å². The highest BCUT2D eigenvalue weighted by Crippen LogP contribution is 2.31. The quantitative estimate of drug-likeness (QED) is 0.895. The van der Waals surface area contributed by atoms with Crippen LogP contribution in [0.2, 0.25) is 0 Å². The number of rotatable bonds is 2. The fourth-order valence-corrected chi connectivity index (χ4v) is 1.76. The van der Waals surface area contributed by atoms with Gasteiger partial charge < -0.3 is 5.11 Å². The average molecular weight is 266 g/mol. The summed E-state index contributed by atoms with van der Waals surface area (Å²) in [5.41, 5.74) is -0.458. The van der Waals surface area contributed by atoms with E-state index >= 15 is 0 Å². The summed E-state index contributed by atoms with van der Waals surface area (Å²) < 4.78 is 24.8. The second-order valence-electron chi connectivity index (χ2n) is 2.62. The number of aromatic nitrogens is 1. The summed E-state index contributed by atoms with van der Waals surface area (Å²) >= 11 is 2.81. The van der Waals surface area contributed by atoms with E-state index in [-0.39, 0.29) is 15.6 Å². The van der Waals surface area contributed by atoms with E-state index in [0.29, 0.717) is 0 Å². The number of carboxylic acid groups (broad SMARTS) is 1. The van der Waals surface area contributed by atoms with Gasteiger partial charge in [0.1, 0.15) is 0 Å². The van der Waals surface area contributed by atoms with Crippen LogP contribution in [0, 0.1) is 6.92 Å². The van der Waals surface area contributed by atoms with Gasteiger partial charge in [0.05, 0.1) is 4.47 Å². The van der Waals surface area contributed by atoms with E-state index in [1.807, 2.05) is 0 Å². The van der Waals surface area contributed by atoms with Gasteiger partial charge in [-0.3, -0.25) is 0 Å². The van der Waals surface area contributed by atoms with Gasteiger partial charge in [0, 0.05) is 11.8 Å². The first-order chi connectivity index (χ1) is 6.45. The molecule has 0 aromatic carbocycles. The molecular weight excluding hydrogens is 260 g/mol. The molecular formula is C8H6BrF2NO2. The molecule has 3 nitrogen and oxygen atoms in total. The van der Waals surface area contributed by atoms with Gasteiger partial charge >= 0.3 is 5.97 Å². The molecule has 0 aliphatic heterocycles. The molecule has 0 unspecified atom stereocenters. The Morgan fingerprint density at radius 2 is 2.21 bits per heavy atom. The number of nitrogens with zero attached hydrogens (tertiary/aromatic N) is 1. The van der Waals surface area contributed by atoms with E-state index in [2.05, 4.69) is 20.9 Å². The Balaban J connectivity index is 3.41. The fraction of sp³-hybridized carbons (Fsp3) is 0.250. The van der Waals surface area contributed by atoms with Crippen LogP contribution in [0.3, 0.4) is 0 Å². The lowest BCUT2D eigenvalue weighted by Gasteiger charge is -2.08. The second kappa shape index (κ2) is 4.00. The van der Waals surface area contributed by atoms with Crippen LogP contribution < -0.4 is 0 Å². The van der Waals surface area contributed by atoms with Crippen LogP contribution >= 0.6 is 15.9 Å². The maximum Gasteiger partial charge on any atom is 0.355 e. The molecule has 0 radical (unpaired) electrons. The van der Waals surface area contributed by atoms with E-state index in [4.69, 9.17) is 5.11 Å². The molecule has 0 spiro atoms. The van der Waals surface area contributed by atoms with Gasteiger partial charge in [0.25, 0.3) is 6.43 Å². The van der Waals surface area contributed by atoms with Crippen molar-refractivity contribution < 1.29 is 18.7 Å². The lowest BCUT2D eigenvalue weighted by atomic mass is 10.1. The van der Waals surface area contributed by atoms with E-state index in [9.17, 15) is 13.6 Å². The zero-order valence-electron chi connectivity index (χ0n) is 7.09. The molecule has 0 bridgehead atoms. The van der Waals surface area contributed by atoms with Gasteiger partial charge in [-0.2, -0.15) is 0 Å². The first kappa shape index (κ1) is 11.0. The van der Waals surface area contributed by atoms with E-state index in [1.165, 1.54) is 6.92 Å². The molecule has 0 amide bonds. The molecule has 0 fully saturated rings. The van der Waals surface area contributed by atoms with Crippen LogP contribution in [0.25, 0.3) is 0 Å². The molecule has 1 rings (SSSR count). The van der Waals surface area contributed by atoms with Crippen molar-refractivity contribution in [2.24, 2.45) is 0 Å². The molecule has 1 N–H and O–H groups in total. The number of carbonyl (C=O) groups is 1. The van der Waals surface area contributed by atoms with Gasteiger partial charge in [-0.05, 0) is 28.4 Å². The van der Waals surface area contributed by atoms with Crippen molar-refractivity contribution >= 4 is 21.9 Å². The molecule has 0 saturated heterocycles. The summed E-state index contributed by atoms with van der Waals surface area (Å²) in [6, 6.07) is 0. The molecule has 6 heteroatoms. The highest BCUT2D eigenvalue weighted by Gasteiger charge is 2.21. The van der Waals surface area contributed by atoms with E-state index in [1.54, 1.807) is 0 Å². The summed E-state index contributed by atoms with van der Waals surface area (Å²) in [6.45, 7) is 1.45. The molecule has 0 aliphatic carbocycles. The molecule has 0 aliphatic rings. The van der Waals surface area contributed by atoms with E-state index < -0.39 is 18.1 Å². The molecule has 0 atom stereocenters. The van der Waals surface area contributed by atoms with Crippen molar-refractivity contribution in [1.29, 1.82) is 0 Å². The minimum Gasteiger partial charge on any atom is -0.476 e. The van der Waals surface area contributed by atoms with Crippen LogP contribution in [0.15, 0.2) is 10.7 Å². The number of alkyl halides is 2. The van der Waals surface area contributed by atoms with Crippen molar-refractivity contribution in [3.8, 4) is 0 Å². The molecule has 14 heavy (non-hydrogen) atoms. The second-order valence-corrected chi connectivity index (χ2v) is 3.42. The lowest BCUT2D eigenvalue weighted by molar-refractivity contribution is 0.0688. The third kappa shape index (κ3) is 1.89. The number of hydrogen-bond donors (Lipinski definition) is 1. The molecule has 76 valence electrons. The summed E-state index contributed by atoms with van der Waals surface area (Å²) in [5.74, 6) is -1.33. The van der Waals surface area contributed by atoms with Crippen LogP contribution in [0.1, 0.15) is 28.0 Å². The number of aryl methyl sites for hydroxylation is 1. The number of halogens is 3. The topological polar surface area (TPSA) is 50.2 Å². The van der Waals surface area contributed by atoms with Crippen molar-refractivity contribution in [1.82, 2.24) is 4.98 Å². The number of hydrogen-bond acceptors (Lipinski definition) is 2. The van der Waals surface area contributed by atoms with Crippen LogP contribution in [-0.4, -0.2) is 16.1 Å². The molecule has 1 heterocycles.